The Balaban J connectivity index is 1.51. The molecule has 2 aliphatic rings. The molecule has 0 fully saturated rings. The van der Waals surface area contributed by atoms with E-state index in [1.165, 1.54) is 7.11 Å². The van der Waals surface area contributed by atoms with E-state index in [9.17, 15) is 9.59 Å². The molecule has 0 N–H and O–H groups in total. The summed E-state index contributed by atoms with van der Waals surface area (Å²) in [5.41, 5.74) is 2.46. The lowest BCUT2D eigenvalue weighted by atomic mass is 10.0. The summed E-state index contributed by atoms with van der Waals surface area (Å²) in [6.45, 7) is 6.61. The van der Waals surface area contributed by atoms with Crippen LogP contribution in [0.15, 0.2) is 28.2 Å². The molecule has 3 rings (SSSR count). The molecule has 0 aliphatic carbocycles. The first kappa shape index (κ1) is 24.1. The van der Waals surface area contributed by atoms with Crippen LogP contribution in [0.5, 0.6) is 5.75 Å². The van der Waals surface area contributed by atoms with Crippen molar-refractivity contribution >= 4 is 40.3 Å². The number of carbonyl (C=O) groups is 2. The molecule has 0 bridgehead atoms. The van der Waals surface area contributed by atoms with Crippen molar-refractivity contribution in [2.45, 2.75) is 51.7 Å². The molecule has 0 saturated heterocycles. The molecule has 1 aromatic carbocycles. The fourth-order valence-corrected chi connectivity index (χ4v) is 4.32. The smallest absolute Gasteiger partial charge is 0.410 e. The van der Waals surface area contributed by atoms with Crippen molar-refractivity contribution in [1.29, 1.82) is 0 Å². The number of hydrogen-bond donors (Lipinski definition) is 0. The number of ether oxygens (including phenoxy) is 3. The summed E-state index contributed by atoms with van der Waals surface area (Å²) < 4.78 is 16.0. The maximum Gasteiger partial charge on any atom is 0.410 e. The van der Waals surface area contributed by atoms with E-state index in [0.29, 0.717) is 25.3 Å². The van der Waals surface area contributed by atoms with Gasteiger partial charge in [0.1, 0.15) is 16.4 Å². The van der Waals surface area contributed by atoms with Crippen LogP contribution in [0.4, 0.5) is 10.5 Å². The average Bonchev–Trinajstić information content (AvgIpc) is 3.24. The molecular weight excluding hydrogens is 430 g/mol. The number of benzene rings is 1. The summed E-state index contributed by atoms with van der Waals surface area (Å²) in [6.07, 6.45) is 1.99. The van der Waals surface area contributed by atoms with Gasteiger partial charge in [-0.3, -0.25) is 9.98 Å². The molecule has 32 heavy (non-hydrogen) atoms. The quantitative estimate of drug-likeness (QED) is 0.450. The van der Waals surface area contributed by atoms with Crippen LogP contribution in [-0.4, -0.2) is 72.4 Å². The van der Waals surface area contributed by atoms with Crippen LogP contribution >= 0.6 is 11.8 Å². The van der Waals surface area contributed by atoms with E-state index < -0.39 is 11.6 Å². The number of nitrogens with zero attached hydrogens (tertiary/aromatic N) is 3. The number of hydrogen-bond acceptors (Lipinski definition) is 8. The van der Waals surface area contributed by atoms with Crippen molar-refractivity contribution in [3.05, 3.63) is 23.8 Å². The minimum atomic E-state index is -0.501. The Morgan fingerprint density at radius 3 is 2.75 bits per heavy atom. The van der Waals surface area contributed by atoms with E-state index in [1.807, 2.05) is 39.0 Å². The van der Waals surface area contributed by atoms with Crippen molar-refractivity contribution in [3.63, 3.8) is 0 Å². The van der Waals surface area contributed by atoms with Crippen LogP contribution in [0, 0.1) is 0 Å². The van der Waals surface area contributed by atoms with Gasteiger partial charge in [-0.25, -0.2) is 9.59 Å². The monoisotopic (exact) mass is 461 g/mol. The maximum atomic E-state index is 12.0. The lowest BCUT2D eigenvalue weighted by Gasteiger charge is -2.24. The summed E-state index contributed by atoms with van der Waals surface area (Å²) in [7, 11) is 3.11. The summed E-state index contributed by atoms with van der Waals surface area (Å²) in [5.74, 6) is 1.09. The van der Waals surface area contributed by atoms with E-state index in [-0.39, 0.29) is 12.1 Å². The van der Waals surface area contributed by atoms with Crippen LogP contribution in [0.25, 0.3) is 0 Å². The number of aliphatic imine (C=N–C) groups is 2. The SMILES string of the molecule is COC(=O)[C@H]1CSC(C2=Nc3ccc(OCCCN(C)C(=O)OC(C)(C)C)cc3CC2)=N1. The highest BCUT2D eigenvalue weighted by Crippen LogP contribution is 2.32. The summed E-state index contributed by atoms with van der Waals surface area (Å²) in [5, 5.41) is 0.834. The third-order valence-electron chi connectivity index (χ3n) is 4.92. The molecule has 2 aliphatic heterocycles. The van der Waals surface area contributed by atoms with Gasteiger partial charge in [-0.2, -0.15) is 0 Å². The summed E-state index contributed by atoms with van der Waals surface area (Å²) in [6, 6.07) is 5.45. The van der Waals surface area contributed by atoms with Gasteiger partial charge in [0.15, 0.2) is 6.04 Å². The average molecular weight is 462 g/mol. The van der Waals surface area contributed by atoms with E-state index in [2.05, 4.69) is 4.99 Å². The zero-order valence-electron chi connectivity index (χ0n) is 19.3. The number of methoxy groups -OCH3 is 1. The van der Waals surface area contributed by atoms with Gasteiger partial charge in [-0.15, -0.1) is 11.8 Å². The van der Waals surface area contributed by atoms with E-state index in [1.54, 1.807) is 23.7 Å². The molecule has 2 heterocycles. The molecule has 174 valence electrons. The Kier molecular flexibility index (Phi) is 7.82. The molecule has 9 heteroatoms. The van der Waals surface area contributed by atoms with Gasteiger partial charge < -0.3 is 19.1 Å². The van der Waals surface area contributed by atoms with Crippen LogP contribution in [0.1, 0.15) is 39.2 Å². The van der Waals surface area contributed by atoms with Crippen LogP contribution in [-0.2, 0) is 20.7 Å². The molecule has 0 aromatic heterocycles. The highest BCUT2D eigenvalue weighted by atomic mass is 32.2. The van der Waals surface area contributed by atoms with Crippen LogP contribution in [0.2, 0.25) is 0 Å². The first-order valence-corrected chi connectivity index (χ1v) is 11.7. The van der Waals surface area contributed by atoms with Gasteiger partial charge in [0.25, 0.3) is 0 Å². The lowest BCUT2D eigenvalue weighted by Crippen LogP contribution is -2.35. The molecule has 1 atom stereocenters. The van der Waals surface area contributed by atoms with Gasteiger partial charge in [-0.1, -0.05) is 0 Å². The molecular formula is C23H31N3O5S. The van der Waals surface area contributed by atoms with Crippen molar-refractivity contribution in [2.24, 2.45) is 9.98 Å². The lowest BCUT2D eigenvalue weighted by molar-refractivity contribution is -0.141. The van der Waals surface area contributed by atoms with Gasteiger partial charge in [0.05, 0.1) is 25.1 Å². The third-order valence-corrected chi connectivity index (χ3v) is 6.02. The fourth-order valence-electron chi connectivity index (χ4n) is 3.28. The Morgan fingerprint density at radius 1 is 1.25 bits per heavy atom. The summed E-state index contributed by atoms with van der Waals surface area (Å²) >= 11 is 1.56. The van der Waals surface area contributed by atoms with Crippen LogP contribution in [0.3, 0.4) is 0 Å². The predicted molar refractivity (Wildman–Crippen MR) is 127 cm³/mol. The molecule has 1 aromatic rings. The normalized spacial score (nSPS) is 17.7. The van der Waals surface area contributed by atoms with E-state index in [4.69, 9.17) is 19.2 Å². The zero-order valence-corrected chi connectivity index (χ0v) is 20.2. The number of thioether (sulfide) groups is 1. The molecule has 0 saturated carbocycles. The Hall–Kier alpha value is -2.55. The Bertz CT molecular complexity index is 923. The van der Waals surface area contributed by atoms with Gasteiger partial charge in [-0.05, 0) is 63.8 Å². The highest BCUT2D eigenvalue weighted by Gasteiger charge is 2.29. The first-order chi connectivity index (χ1) is 15.2. The van der Waals surface area contributed by atoms with Crippen molar-refractivity contribution < 1.29 is 23.8 Å². The highest BCUT2D eigenvalue weighted by molar-refractivity contribution is 8.16. The minimum Gasteiger partial charge on any atom is -0.494 e. The van der Waals surface area contributed by atoms with E-state index >= 15 is 0 Å². The molecule has 1 amide bonds. The second kappa shape index (κ2) is 10.4. The topological polar surface area (TPSA) is 89.8 Å². The van der Waals surface area contributed by atoms with Gasteiger partial charge >= 0.3 is 12.1 Å². The zero-order chi connectivity index (χ0) is 23.3. The molecule has 8 nitrogen and oxygen atoms in total. The van der Waals surface area contributed by atoms with Crippen LogP contribution < -0.4 is 4.74 Å². The number of fused-ring (bicyclic) bond motifs is 1. The Labute approximate surface area is 193 Å². The van der Waals surface area contributed by atoms with E-state index in [0.717, 1.165) is 40.6 Å². The standard InChI is InChI=1S/C23H31N3O5S/c1-23(2,3)31-22(28)26(4)11-6-12-30-16-8-10-17-15(13-16)7-9-18(24-17)20-25-19(14-32-20)21(27)29-5/h8,10,13,19H,6-7,9,11-12,14H2,1-5H3/t19-/m1/s1. The molecule has 0 radical (unpaired) electrons. The number of esters is 1. The number of aryl methyl sites for hydroxylation is 1. The third kappa shape index (κ3) is 6.48. The maximum absolute atomic E-state index is 12.0. The second-order valence-corrected chi connectivity index (χ2v) is 9.75. The summed E-state index contributed by atoms with van der Waals surface area (Å²) in [4.78, 5) is 34.5. The fraction of sp³-hybridized carbons (Fsp3) is 0.565. The van der Waals surface area contributed by atoms with Gasteiger partial charge in [0.2, 0.25) is 0 Å². The molecule has 0 unspecified atom stereocenters. The Morgan fingerprint density at radius 2 is 2.03 bits per heavy atom. The van der Waals surface area contributed by atoms with Crippen molar-refractivity contribution in [3.8, 4) is 5.75 Å². The number of amides is 1. The van der Waals surface area contributed by atoms with Crippen molar-refractivity contribution in [2.75, 3.05) is 33.1 Å². The number of carbonyl (C=O) groups excluding carboxylic acids is 2. The predicted octanol–water partition coefficient (Wildman–Crippen LogP) is 4.03. The largest absolute Gasteiger partial charge is 0.494 e. The molecule has 0 spiro atoms. The van der Waals surface area contributed by atoms with Crippen molar-refractivity contribution in [1.82, 2.24) is 4.90 Å². The first-order valence-electron chi connectivity index (χ1n) is 10.7. The van der Waals surface area contributed by atoms with Gasteiger partial charge in [0, 0.05) is 19.3 Å². The number of rotatable bonds is 7. The minimum absolute atomic E-state index is 0.302. The second-order valence-electron chi connectivity index (χ2n) is 8.74.